The molecule has 0 bridgehead atoms. The highest BCUT2D eigenvalue weighted by Gasteiger charge is 2.47. The van der Waals surface area contributed by atoms with Gasteiger partial charge in [0.25, 0.3) is 0 Å². The standard InChI is InChI=1S/C21H27NO2/c1-17(23)21(12-13-21)16-22(14-18-6-4-3-5-7-18)15-19-8-10-20(24-2)11-9-19/h3-11,17,23H,12-16H2,1-2H3. The molecule has 1 aliphatic carbocycles. The molecule has 0 aromatic heterocycles. The van der Waals surface area contributed by atoms with E-state index in [0.29, 0.717) is 0 Å². The van der Waals surface area contributed by atoms with E-state index >= 15 is 0 Å². The van der Waals surface area contributed by atoms with Crippen LogP contribution in [0.15, 0.2) is 54.6 Å². The van der Waals surface area contributed by atoms with Crippen LogP contribution in [0.2, 0.25) is 0 Å². The fraction of sp³-hybridized carbons (Fsp3) is 0.429. The first kappa shape index (κ1) is 17.0. The lowest BCUT2D eigenvalue weighted by atomic mass is 9.99. The minimum atomic E-state index is -0.244. The fourth-order valence-corrected chi connectivity index (χ4v) is 3.31. The molecular weight excluding hydrogens is 298 g/mol. The first-order chi connectivity index (χ1) is 11.6. The van der Waals surface area contributed by atoms with E-state index in [1.54, 1.807) is 7.11 Å². The van der Waals surface area contributed by atoms with E-state index in [2.05, 4.69) is 47.4 Å². The van der Waals surface area contributed by atoms with Crippen LogP contribution < -0.4 is 4.74 Å². The Bertz CT molecular complexity index is 633. The van der Waals surface area contributed by atoms with Crippen molar-refractivity contribution in [2.75, 3.05) is 13.7 Å². The van der Waals surface area contributed by atoms with E-state index in [-0.39, 0.29) is 11.5 Å². The summed E-state index contributed by atoms with van der Waals surface area (Å²) < 4.78 is 5.25. The molecule has 0 heterocycles. The molecule has 1 aliphatic rings. The number of rotatable bonds is 8. The number of hydrogen-bond acceptors (Lipinski definition) is 3. The molecule has 1 saturated carbocycles. The lowest BCUT2D eigenvalue weighted by Crippen LogP contribution is -2.35. The van der Waals surface area contributed by atoms with Crippen molar-refractivity contribution in [3.63, 3.8) is 0 Å². The Morgan fingerprint density at radius 2 is 1.58 bits per heavy atom. The maximum absolute atomic E-state index is 10.1. The molecule has 0 aliphatic heterocycles. The van der Waals surface area contributed by atoms with Gasteiger partial charge in [-0.2, -0.15) is 0 Å². The summed E-state index contributed by atoms with van der Waals surface area (Å²) in [6.45, 7) is 4.65. The van der Waals surface area contributed by atoms with Gasteiger partial charge in [0.1, 0.15) is 5.75 Å². The average Bonchev–Trinajstić information content (AvgIpc) is 3.37. The van der Waals surface area contributed by atoms with Gasteiger partial charge in [0.15, 0.2) is 0 Å². The van der Waals surface area contributed by atoms with E-state index in [9.17, 15) is 5.11 Å². The number of nitrogens with zero attached hydrogens (tertiary/aromatic N) is 1. The zero-order valence-electron chi connectivity index (χ0n) is 14.6. The first-order valence-electron chi connectivity index (χ1n) is 8.69. The maximum atomic E-state index is 10.1. The third kappa shape index (κ3) is 4.16. The Kier molecular flexibility index (Phi) is 5.22. The Morgan fingerprint density at radius 1 is 1.00 bits per heavy atom. The maximum Gasteiger partial charge on any atom is 0.118 e. The molecule has 128 valence electrons. The van der Waals surface area contributed by atoms with Crippen molar-refractivity contribution in [1.29, 1.82) is 0 Å². The molecule has 3 heteroatoms. The van der Waals surface area contributed by atoms with Crippen molar-refractivity contribution < 1.29 is 9.84 Å². The van der Waals surface area contributed by atoms with E-state index < -0.39 is 0 Å². The van der Waals surface area contributed by atoms with Crippen molar-refractivity contribution >= 4 is 0 Å². The summed E-state index contributed by atoms with van der Waals surface area (Å²) in [7, 11) is 1.69. The van der Waals surface area contributed by atoms with Crippen LogP contribution in [0.5, 0.6) is 5.75 Å². The number of ether oxygens (including phenoxy) is 1. The van der Waals surface area contributed by atoms with Crippen LogP contribution in [-0.2, 0) is 13.1 Å². The minimum Gasteiger partial charge on any atom is -0.497 e. The topological polar surface area (TPSA) is 32.7 Å². The summed E-state index contributed by atoms with van der Waals surface area (Å²) in [4.78, 5) is 2.46. The third-order valence-electron chi connectivity index (χ3n) is 5.13. The quantitative estimate of drug-likeness (QED) is 0.800. The molecule has 2 aromatic rings. The van der Waals surface area contributed by atoms with Gasteiger partial charge in [-0.15, -0.1) is 0 Å². The molecule has 1 unspecified atom stereocenters. The van der Waals surface area contributed by atoms with Crippen LogP contribution in [0, 0.1) is 5.41 Å². The van der Waals surface area contributed by atoms with Gasteiger partial charge in [0.05, 0.1) is 13.2 Å². The number of benzene rings is 2. The zero-order valence-corrected chi connectivity index (χ0v) is 14.6. The van der Waals surface area contributed by atoms with Crippen LogP contribution in [-0.4, -0.2) is 29.8 Å². The van der Waals surface area contributed by atoms with Crippen LogP contribution in [0.4, 0.5) is 0 Å². The summed E-state index contributed by atoms with van der Waals surface area (Å²) in [5.74, 6) is 0.885. The molecule has 1 N–H and O–H groups in total. The van der Waals surface area contributed by atoms with Gasteiger partial charge in [0, 0.05) is 25.0 Å². The highest BCUT2D eigenvalue weighted by atomic mass is 16.5. The molecule has 3 rings (SSSR count). The third-order valence-corrected chi connectivity index (χ3v) is 5.13. The molecular formula is C21H27NO2. The van der Waals surface area contributed by atoms with Crippen molar-refractivity contribution in [1.82, 2.24) is 4.90 Å². The van der Waals surface area contributed by atoms with Gasteiger partial charge in [-0.05, 0) is 43.0 Å². The van der Waals surface area contributed by atoms with Gasteiger partial charge in [-0.3, -0.25) is 4.90 Å². The summed E-state index contributed by atoms with van der Waals surface area (Å²) >= 11 is 0. The van der Waals surface area contributed by atoms with E-state index in [0.717, 1.165) is 38.2 Å². The number of methoxy groups -OCH3 is 1. The molecule has 1 atom stereocenters. The van der Waals surface area contributed by atoms with Gasteiger partial charge in [-0.25, -0.2) is 0 Å². The predicted molar refractivity (Wildman–Crippen MR) is 96.9 cm³/mol. The summed E-state index contributed by atoms with van der Waals surface area (Å²) in [5, 5.41) is 10.1. The van der Waals surface area contributed by atoms with Crippen molar-refractivity contribution in [2.45, 2.75) is 39.0 Å². The van der Waals surface area contributed by atoms with Crippen LogP contribution in [0.1, 0.15) is 30.9 Å². The minimum absolute atomic E-state index is 0.0846. The molecule has 24 heavy (non-hydrogen) atoms. The molecule has 2 aromatic carbocycles. The Morgan fingerprint density at radius 3 is 2.08 bits per heavy atom. The number of aliphatic hydroxyl groups is 1. The second kappa shape index (κ2) is 7.37. The van der Waals surface area contributed by atoms with Crippen molar-refractivity contribution in [3.05, 3.63) is 65.7 Å². The van der Waals surface area contributed by atoms with Crippen LogP contribution in [0.25, 0.3) is 0 Å². The number of aliphatic hydroxyl groups excluding tert-OH is 1. The monoisotopic (exact) mass is 325 g/mol. The predicted octanol–water partition coefficient (Wildman–Crippen LogP) is 3.86. The molecule has 1 fully saturated rings. The molecule has 0 spiro atoms. The Balaban J connectivity index is 1.73. The van der Waals surface area contributed by atoms with Crippen LogP contribution in [0.3, 0.4) is 0 Å². The van der Waals surface area contributed by atoms with Crippen LogP contribution >= 0.6 is 0 Å². The zero-order chi connectivity index (χ0) is 17.0. The number of hydrogen-bond donors (Lipinski definition) is 1. The smallest absolute Gasteiger partial charge is 0.118 e. The fourth-order valence-electron chi connectivity index (χ4n) is 3.31. The van der Waals surface area contributed by atoms with Crippen molar-refractivity contribution in [3.8, 4) is 5.75 Å². The van der Waals surface area contributed by atoms with Gasteiger partial charge in [-0.1, -0.05) is 42.5 Å². The second-order valence-electron chi connectivity index (χ2n) is 7.02. The molecule has 0 amide bonds. The van der Waals surface area contributed by atoms with Gasteiger partial charge in [0.2, 0.25) is 0 Å². The van der Waals surface area contributed by atoms with E-state index in [4.69, 9.17) is 4.74 Å². The molecule has 0 saturated heterocycles. The molecule has 3 nitrogen and oxygen atoms in total. The summed E-state index contributed by atoms with van der Waals surface area (Å²) in [6.07, 6.45) is 2.00. The SMILES string of the molecule is COc1ccc(CN(Cc2ccccc2)CC2(C(C)O)CC2)cc1. The lowest BCUT2D eigenvalue weighted by Gasteiger charge is -2.29. The van der Waals surface area contributed by atoms with Crippen molar-refractivity contribution in [2.24, 2.45) is 5.41 Å². The second-order valence-corrected chi connectivity index (χ2v) is 7.02. The van der Waals surface area contributed by atoms with Gasteiger partial charge >= 0.3 is 0 Å². The Hall–Kier alpha value is -1.84. The largest absolute Gasteiger partial charge is 0.497 e. The normalized spacial score (nSPS) is 16.8. The summed E-state index contributed by atoms with van der Waals surface area (Å²) in [6, 6.07) is 18.8. The van der Waals surface area contributed by atoms with E-state index in [1.807, 2.05) is 19.1 Å². The lowest BCUT2D eigenvalue weighted by molar-refractivity contribution is 0.0720. The highest BCUT2D eigenvalue weighted by molar-refractivity contribution is 5.27. The highest BCUT2D eigenvalue weighted by Crippen LogP contribution is 2.49. The van der Waals surface area contributed by atoms with E-state index in [1.165, 1.54) is 11.1 Å². The first-order valence-corrected chi connectivity index (χ1v) is 8.69. The summed E-state index contributed by atoms with van der Waals surface area (Å²) in [5.41, 5.74) is 2.67. The Labute approximate surface area is 144 Å². The average molecular weight is 325 g/mol. The molecule has 0 radical (unpaired) electrons. The van der Waals surface area contributed by atoms with Gasteiger partial charge < -0.3 is 9.84 Å².